The molecule has 0 saturated carbocycles. The summed E-state index contributed by atoms with van der Waals surface area (Å²) in [4.78, 5) is 51.4. The number of nitrogens with one attached hydrogen (secondary N) is 1. The van der Waals surface area contributed by atoms with Crippen molar-refractivity contribution in [1.29, 1.82) is 0 Å². The molecule has 0 bridgehead atoms. The Balaban J connectivity index is 1.99. The van der Waals surface area contributed by atoms with Crippen molar-refractivity contribution >= 4 is 23.5 Å². The fourth-order valence-electron chi connectivity index (χ4n) is 4.95. The van der Waals surface area contributed by atoms with E-state index in [1.807, 2.05) is 5.11 Å². The highest BCUT2D eigenvalue weighted by Gasteiger charge is 2.63. The maximum Gasteiger partial charge on any atom is 0.309 e. The molecule has 0 radical (unpaired) electrons. The summed E-state index contributed by atoms with van der Waals surface area (Å²) in [7, 11) is 0. The molecule has 0 aliphatic heterocycles. The standard InChI is InChI=1S/C24H24N2O9/c1-8(2)23(32)35-21-16-14(20(31)22(24(21,4)33)34-9(3)27)13-15(17(16)26-25)19(30)12-10(18(13)29)6-5-7-11(12)28/h5-8,17,20-22,26,28,31,33H,1-4H3. The van der Waals surface area contributed by atoms with Crippen molar-refractivity contribution in [3.63, 3.8) is 0 Å². The van der Waals surface area contributed by atoms with E-state index < -0.39 is 65.1 Å². The SMILES string of the molecule is CC(=O)OC1C(O)C2=C(C([NH+]=[N-])C3=C2C(=O)c2cccc(O)c2C3=O)C(OC(=O)C(C)C)C1(C)O. The molecule has 1 aromatic rings. The summed E-state index contributed by atoms with van der Waals surface area (Å²) >= 11 is 0. The van der Waals surface area contributed by atoms with Crippen molar-refractivity contribution < 1.29 is 49.1 Å². The van der Waals surface area contributed by atoms with Crippen molar-refractivity contribution in [1.82, 2.24) is 0 Å². The second-order valence-corrected chi connectivity index (χ2v) is 9.25. The van der Waals surface area contributed by atoms with Gasteiger partial charge in [-0.3, -0.25) is 19.2 Å². The number of carbonyl (C=O) groups is 4. The largest absolute Gasteiger partial charge is 0.508 e. The zero-order valence-electron chi connectivity index (χ0n) is 19.4. The van der Waals surface area contributed by atoms with Gasteiger partial charge in [0.1, 0.15) is 17.5 Å². The molecule has 4 rings (SSSR count). The zero-order chi connectivity index (χ0) is 26.0. The molecule has 0 heterocycles. The van der Waals surface area contributed by atoms with E-state index in [9.17, 15) is 40.0 Å². The van der Waals surface area contributed by atoms with E-state index in [2.05, 4.69) is 0 Å². The van der Waals surface area contributed by atoms with E-state index in [4.69, 9.17) is 9.47 Å². The fourth-order valence-corrected chi connectivity index (χ4v) is 4.95. The average Bonchev–Trinajstić information content (AvgIpc) is 3.13. The van der Waals surface area contributed by atoms with Crippen molar-refractivity contribution in [3.05, 3.63) is 57.1 Å². The second kappa shape index (κ2) is 8.21. The lowest BCUT2D eigenvalue weighted by molar-refractivity contribution is -0.504. The predicted molar refractivity (Wildman–Crippen MR) is 116 cm³/mol. The first kappa shape index (κ1) is 24.4. The number of carbonyl (C=O) groups excluding carboxylic acids is 4. The van der Waals surface area contributed by atoms with Gasteiger partial charge in [-0.2, -0.15) is 0 Å². The summed E-state index contributed by atoms with van der Waals surface area (Å²) in [5, 5.41) is 34.9. The Morgan fingerprint density at radius 1 is 1.14 bits per heavy atom. The molecule has 11 nitrogen and oxygen atoms in total. The molecular weight excluding hydrogens is 460 g/mol. The number of nitrogens with zero attached hydrogens (tertiary/aromatic N) is 1. The molecule has 11 heteroatoms. The number of aromatic hydroxyl groups is 1. The zero-order valence-corrected chi connectivity index (χ0v) is 19.4. The number of phenols is 1. The van der Waals surface area contributed by atoms with Crippen LogP contribution in [0, 0.1) is 5.92 Å². The van der Waals surface area contributed by atoms with E-state index in [-0.39, 0.29) is 33.4 Å². The minimum Gasteiger partial charge on any atom is -0.508 e. The Morgan fingerprint density at radius 3 is 2.37 bits per heavy atom. The van der Waals surface area contributed by atoms with Crippen LogP contribution in [0.25, 0.3) is 5.53 Å². The molecule has 3 aliphatic rings. The van der Waals surface area contributed by atoms with E-state index in [0.717, 1.165) is 6.92 Å². The van der Waals surface area contributed by atoms with E-state index in [0.29, 0.717) is 0 Å². The van der Waals surface area contributed by atoms with E-state index in [1.54, 1.807) is 13.8 Å². The predicted octanol–water partition coefficient (Wildman–Crippen LogP) is -0.526. The minimum absolute atomic E-state index is 0.136. The summed E-state index contributed by atoms with van der Waals surface area (Å²) in [5.41, 5.74) is 6.47. The van der Waals surface area contributed by atoms with Crippen LogP contribution in [0.2, 0.25) is 0 Å². The van der Waals surface area contributed by atoms with Crippen molar-refractivity contribution in [2.24, 2.45) is 5.92 Å². The van der Waals surface area contributed by atoms with E-state index >= 15 is 0 Å². The Labute approximate surface area is 199 Å². The number of aliphatic hydroxyl groups is 2. The number of fused-ring (bicyclic) bond motifs is 2. The molecule has 0 saturated heterocycles. The van der Waals surface area contributed by atoms with Gasteiger partial charge in [0.15, 0.2) is 24.0 Å². The topological polar surface area (TPSA) is 184 Å². The van der Waals surface area contributed by atoms with Crippen LogP contribution < -0.4 is 5.11 Å². The Morgan fingerprint density at radius 2 is 1.80 bits per heavy atom. The van der Waals surface area contributed by atoms with Gasteiger partial charge in [0, 0.05) is 23.6 Å². The van der Waals surface area contributed by atoms with Crippen LogP contribution in [0.15, 0.2) is 40.5 Å². The quantitative estimate of drug-likeness (QED) is 0.322. The summed E-state index contributed by atoms with van der Waals surface area (Å²) in [6.07, 6.45) is -5.15. The number of hydrogen-bond donors (Lipinski definition) is 4. The highest BCUT2D eigenvalue weighted by atomic mass is 16.6. The van der Waals surface area contributed by atoms with Gasteiger partial charge in [-0.1, -0.05) is 26.0 Å². The third-order valence-electron chi connectivity index (χ3n) is 6.53. The molecule has 3 aliphatic carbocycles. The van der Waals surface area contributed by atoms with Crippen LogP contribution in [-0.4, -0.2) is 68.8 Å². The number of phenolic OH excluding ortho intramolecular Hbond substituents is 1. The number of aliphatic hydroxyl groups excluding tert-OH is 1. The molecule has 5 atom stereocenters. The van der Waals surface area contributed by atoms with Gasteiger partial charge >= 0.3 is 11.9 Å². The second-order valence-electron chi connectivity index (χ2n) is 9.25. The lowest BCUT2D eigenvalue weighted by Gasteiger charge is -2.45. The molecule has 1 aromatic carbocycles. The number of rotatable bonds is 4. The first-order chi connectivity index (χ1) is 16.3. The Kier molecular flexibility index (Phi) is 5.73. The van der Waals surface area contributed by atoms with Crippen LogP contribution in [0.3, 0.4) is 0 Å². The van der Waals surface area contributed by atoms with Gasteiger partial charge < -0.3 is 35.4 Å². The van der Waals surface area contributed by atoms with Crippen LogP contribution in [0.1, 0.15) is 48.4 Å². The highest BCUT2D eigenvalue weighted by molar-refractivity contribution is 6.31. The van der Waals surface area contributed by atoms with Gasteiger partial charge in [0.2, 0.25) is 5.78 Å². The van der Waals surface area contributed by atoms with Crippen LogP contribution in [0.4, 0.5) is 0 Å². The Bertz CT molecular complexity index is 1260. The molecule has 4 N–H and O–H groups in total. The van der Waals surface area contributed by atoms with Crippen LogP contribution in [0.5, 0.6) is 5.75 Å². The summed E-state index contributed by atoms with van der Waals surface area (Å²) in [6, 6.07) is 2.44. The van der Waals surface area contributed by atoms with Crippen LogP contribution in [-0.2, 0) is 19.1 Å². The monoisotopic (exact) mass is 484 g/mol. The average molecular weight is 484 g/mol. The van der Waals surface area contributed by atoms with Gasteiger partial charge in [-0.15, -0.1) is 0 Å². The number of ether oxygens (including phenoxy) is 2. The lowest BCUT2D eigenvalue weighted by Crippen LogP contribution is -2.76. The van der Waals surface area contributed by atoms with Crippen LogP contribution >= 0.6 is 0 Å². The number of Topliss-reactive ketones (excluding diaryl/α,β-unsaturated/α-hetero) is 2. The minimum atomic E-state index is -2.22. The van der Waals surface area contributed by atoms with E-state index in [1.165, 1.54) is 25.1 Å². The molecule has 0 spiro atoms. The number of benzene rings is 1. The summed E-state index contributed by atoms with van der Waals surface area (Å²) in [5.74, 6) is -4.28. The Hall–Kier alpha value is -3.70. The number of hydrogen-bond acceptors (Lipinski definition) is 9. The smallest absolute Gasteiger partial charge is 0.309 e. The third-order valence-corrected chi connectivity index (χ3v) is 6.53. The first-order valence-corrected chi connectivity index (χ1v) is 10.9. The van der Waals surface area contributed by atoms with Gasteiger partial charge in [-0.25, -0.2) is 0 Å². The molecule has 0 amide bonds. The molecule has 5 unspecified atom stereocenters. The van der Waals surface area contributed by atoms with Crippen molar-refractivity contribution in [2.45, 2.75) is 57.6 Å². The maximum absolute atomic E-state index is 13.5. The highest BCUT2D eigenvalue weighted by Crippen LogP contribution is 2.50. The van der Waals surface area contributed by atoms with Gasteiger partial charge in [0.05, 0.1) is 22.6 Å². The lowest BCUT2D eigenvalue weighted by atomic mass is 9.73. The molecule has 35 heavy (non-hydrogen) atoms. The van der Waals surface area contributed by atoms with Gasteiger partial charge in [0.25, 0.3) is 0 Å². The molecule has 184 valence electrons. The molecule has 0 fully saturated rings. The van der Waals surface area contributed by atoms with Gasteiger partial charge in [-0.05, 0) is 13.0 Å². The number of esters is 2. The van der Waals surface area contributed by atoms with Crippen molar-refractivity contribution in [3.8, 4) is 5.75 Å². The normalized spacial score (nSPS) is 29.6. The third kappa shape index (κ3) is 3.41. The molecular formula is C24H24N2O9. The fraction of sp³-hybridized carbons (Fsp3) is 0.417. The summed E-state index contributed by atoms with van der Waals surface area (Å²) < 4.78 is 10.7. The first-order valence-electron chi connectivity index (χ1n) is 10.9. The summed E-state index contributed by atoms with van der Waals surface area (Å²) in [6.45, 7) is 5.30. The van der Waals surface area contributed by atoms with Crippen molar-refractivity contribution in [2.75, 3.05) is 0 Å². The molecule has 0 aromatic heterocycles. The number of ketones is 2. The maximum atomic E-state index is 13.5.